The van der Waals surface area contributed by atoms with Crippen molar-refractivity contribution < 1.29 is 36.2 Å². The first kappa shape index (κ1) is 26.5. The van der Waals surface area contributed by atoms with E-state index < -0.39 is 22.2 Å². The summed E-state index contributed by atoms with van der Waals surface area (Å²) in [6.45, 7) is 5.56. The molecule has 2 aromatic rings. The van der Waals surface area contributed by atoms with Gasteiger partial charge in [-0.15, -0.1) is 11.8 Å². The molecule has 3 heterocycles. The third-order valence-corrected chi connectivity index (χ3v) is 8.73. The number of pyridine rings is 1. The monoisotopic (exact) mass is 518 g/mol. The van der Waals surface area contributed by atoms with E-state index in [-0.39, 0.29) is 10.9 Å². The van der Waals surface area contributed by atoms with Crippen LogP contribution in [0.3, 0.4) is 0 Å². The van der Waals surface area contributed by atoms with Crippen LogP contribution in [-0.2, 0) is 26.2 Å². The van der Waals surface area contributed by atoms with Gasteiger partial charge in [-0.2, -0.15) is 17.5 Å². The Bertz CT molecular complexity index is 1100. The zero-order valence-corrected chi connectivity index (χ0v) is 20.2. The highest BCUT2D eigenvalue weighted by molar-refractivity contribution is 8.01. The predicted octanol–water partition coefficient (Wildman–Crippen LogP) is 3.80. The van der Waals surface area contributed by atoms with Crippen LogP contribution in [0, 0.1) is 13.8 Å². The van der Waals surface area contributed by atoms with E-state index in [4.69, 9.17) is 14.6 Å². The molecule has 34 heavy (non-hydrogen) atoms. The maximum Gasteiger partial charge on any atom is 0.490 e. The summed E-state index contributed by atoms with van der Waals surface area (Å²) in [6, 6.07) is 9.43. The van der Waals surface area contributed by atoms with Crippen molar-refractivity contribution in [2.24, 2.45) is 0 Å². The van der Waals surface area contributed by atoms with Crippen molar-refractivity contribution in [1.29, 1.82) is 0 Å². The maximum atomic E-state index is 12.9. The SMILES string of the molecule is Cc1cc(C)cc(S(=O)(=O)N2CC3(CC(OCc4cccnc4)CS3)C2)c1.O=C(O)C(F)(F)F. The molecule has 2 saturated heterocycles. The van der Waals surface area contributed by atoms with E-state index in [9.17, 15) is 21.6 Å². The van der Waals surface area contributed by atoms with Crippen LogP contribution in [0.4, 0.5) is 13.2 Å². The lowest BCUT2D eigenvalue weighted by atomic mass is 9.95. The Morgan fingerprint density at radius 2 is 1.88 bits per heavy atom. The van der Waals surface area contributed by atoms with E-state index in [1.807, 2.05) is 50.0 Å². The largest absolute Gasteiger partial charge is 0.490 e. The fourth-order valence-electron chi connectivity index (χ4n) is 3.82. The van der Waals surface area contributed by atoms with Gasteiger partial charge in [0.05, 0.1) is 17.6 Å². The summed E-state index contributed by atoms with van der Waals surface area (Å²) < 4.78 is 65.2. The minimum atomic E-state index is -5.08. The second kappa shape index (κ2) is 10.2. The molecule has 1 N–H and O–H groups in total. The van der Waals surface area contributed by atoms with E-state index in [2.05, 4.69) is 4.98 Å². The lowest BCUT2D eigenvalue weighted by Gasteiger charge is -2.46. The van der Waals surface area contributed by atoms with Crippen molar-refractivity contribution in [3.05, 3.63) is 59.4 Å². The van der Waals surface area contributed by atoms with Gasteiger partial charge in [0.2, 0.25) is 10.0 Å². The first-order chi connectivity index (χ1) is 15.8. The van der Waals surface area contributed by atoms with Gasteiger partial charge in [-0.1, -0.05) is 12.1 Å². The number of aromatic nitrogens is 1. The summed E-state index contributed by atoms with van der Waals surface area (Å²) in [5.74, 6) is -1.84. The van der Waals surface area contributed by atoms with Crippen molar-refractivity contribution >= 4 is 27.8 Å². The number of rotatable bonds is 5. The molecule has 186 valence electrons. The molecule has 0 amide bonds. The minimum absolute atomic E-state index is 0.00550. The van der Waals surface area contributed by atoms with E-state index in [0.717, 1.165) is 28.9 Å². The minimum Gasteiger partial charge on any atom is -0.475 e. The van der Waals surface area contributed by atoms with Gasteiger partial charge in [0, 0.05) is 36.0 Å². The molecule has 1 atom stereocenters. The van der Waals surface area contributed by atoms with Crippen LogP contribution in [0.5, 0.6) is 0 Å². The van der Waals surface area contributed by atoms with Crippen LogP contribution in [0.1, 0.15) is 23.1 Å². The Morgan fingerprint density at radius 3 is 2.41 bits per heavy atom. The molecular weight excluding hydrogens is 493 g/mol. The standard InChI is InChI=1S/C20H24N2O3S2.C2HF3O2/c1-15-6-16(2)8-19(7-15)27(23,24)22-13-20(14-22)9-18(12-26-20)25-11-17-4-3-5-21-10-17;3-2(4,5)1(6)7/h3-8,10,18H,9,11-14H2,1-2H3;(H,6,7). The normalized spacial score (nSPS) is 19.9. The zero-order chi connectivity index (χ0) is 25.1. The van der Waals surface area contributed by atoms with Crippen LogP contribution in [0.15, 0.2) is 47.6 Å². The molecule has 4 rings (SSSR count). The fraction of sp³-hybridized carbons (Fsp3) is 0.455. The van der Waals surface area contributed by atoms with Crippen molar-refractivity contribution in [2.75, 3.05) is 18.8 Å². The molecule has 1 aromatic heterocycles. The van der Waals surface area contributed by atoms with Crippen LogP contribution in [-0.4, -0.2) is 64.7 Å². The number of carboxylic acids is 1. The number of alkyl halides is 3. The number of aliphatic carboxylic acids is 1. The summed E-state index contributed by atoms with van der Waals surface area (Å²) in [6.07, 6.45) is -0.444. The summed E-state index contributed by atoms with van der Waals surface area (Å²) in [5, 5.41) is 7.12. The van der Waals surface area contributed by atoms with Crippen LogP contribution in [0.2, 0.25) is 0 Å². The van der Waals surface area contributed by atoms with Crippen molar-refractivity contribution in [3.8, 4) is 0 Å². The molecule has 2 aliphatic heterocycles. The topological polar surface area (TPSA) is 96.8 Å². The molecule has 1 aromatic carbocycles. The van der Waals surface area contributed by atoms with E-state index in [1.165, 1.54) is 0 Å². The highest BCUT2D eigenvalue weighted by Crippen LogP contribution is 2.47. The average Bonchev–Trinajstić information content (AvgIpc) is 3.16. The molecule has 0 bridgehead atoms. The number of halogens is 3. The summed E-state index contributed by atoms with van der Waals surface area (Å²) in [4.78, 5) is 13.4. The molecule has 1 unspecified atom stereocenters. The summed E-state index contributed by atoms with van der Waals surface area (Å²) >= 11 is 1.85. The number of ether oxygens (including phenoxy) is 1. The highest BCUT2D eigenvalue weighted by atomic mass is 32.2. The van der Waals surface area contributed by atoms with Crippen molar-refractivity contribution in [3.63, 3.8) is 0 Å². The van der Waals surface area contributed by atoms with Crippen LogP contribution >= 0.6 is 11.8 Å². The first-order valence-corrected chi connectivity index (χ1v) is 12.8. The van der Waals surface area contributed by atoms with Gasteiger partial charge in [-0.05, 0) is 55.2 Å². The third-order valence-electron chi connectivity index (χ3n) is 5.39. The number of hydrogen-bond donors (Lipinski definition) is 1. The second-order valence-corrected chi connectivity index (χ2v) is 11.8. The molecule has 0 radical (unpaired) electrons. The van der Waals surface area contributed by atoms with Gasteiger partial charge in [0.15, 0.2) is 0 Å². The lowest BCUT2D eigenvalue weighted by Crippen LogP contribution is -2.60. The Balaban J connectivity index is 0.000000406. The number of nitrogens with zero attached hydrogens (tertiary/aromatic N) is 2. The third kappa shape index (κ3) is 6.49. The zero-order valence-electron chi connectivity index (χ0n) is 18.6. The smallest absolute Gasteiger partial charge is 0.475 e. The van der Waals surface area contributed by atoms with E-state index in [1.54, 1.807) is 22.6 Å². The van der Waals surface area contributed by atoms with Crippen molar-refractivity contribution in [1.82, 2.24) is 9.29 Å². The summed E-state index contributed by atoms with van der Waals surface area (Å²) in [7, 11) is -3.41. The van der Waals surface area contributed by atoms with Crippen LogP contribution in [0.25, 0.3) is 0 Å². The molecule has 1 spiro atoms. The van der Waals surface area contributed by atoms with Crippen molar-refractivity contribution in [2.45, 2.75) is 48.8 Å². The number of hydrogen-bond acceptors (Lipinski definition) is 6. The molecule has 7 nitrogen and oxygen atoms in total. The van der Waals surface area contributed by atoms with Gasteiger partial charge in [0.25, 0.3) is 0 Å². The predicted molar refractivity (Wildman–Crippen MR) is 121 cm³/mol. The van der Waals surface area contributed by atoms with E-state index >= 15 is 0 Å². The van der Waals surface area contributed by atoms with Gasteiger partial charge < -0.3 is 9.84 Å². The first-order valence-electron chi connectivity index (χ1n) is 10.3. The lowest BCUT2D eigenvalue weighted by molar-refractivity contribution is -0.192. The maximum absolute atomic E-state index is 12.9. The van der Waals surface area contributed by atoms with E-state index in [0.29, 0.717) is 24.6 Å². The highest BCUT2D eigenvalue weighted by Gasteiger charge is 2.53. The Hall–Kier alpha value is -2.15. The Kier molecular flexibility index (Phi) is 7.96. The number of carbonyl (C=O) groups is 1. The Morgan fingerprint density at radius 1 is 1.26 bits per heavy atom. The van der Waals surface area contributed by atoms with Crippen LogP contribution < -0.4 is 0 Å². The molecular formula is C22H25F3N2O5S2. The van der Waals surface area contributed by atoms with Gasteiger partial charge in [-0.25, -0.2) is 13.2 Å². The molecule has 0 aliphatic carbocycles. The molecule has 12 heteroatoms. The second-order valence-electron chi connectivity index (χ2n) is 8.39. The fourth-order valence-corrected chi connectivity index (χ4v) is 7.34. The number of benzene rings is 1. The molecule has 0 saturated carbocycles. The quantitative estimate of drug-likeness (QED) is 0.643. The number of carboxylic acid groups (broad SMARTS) is 1. The molecule has 2 aliphatic rings. The average molecular weight is 519 g/mol. The summed E-state index contributed by atoms with van der Waals surface area (Å²) in [5.41, 5.74) is 3.02. The molecule has 2 fully saturated rings. The van der Waals surface area contributed by atoms with Gasteiger partial charge in [-0.3, -0.25) is 4.98 Å². The number of sulfonamides is 1. The van der Waals surface area contributed by atoms with Gasteiger partial charge in [0.1, 0.15) is 0 Å². The Labute approximate surface area is 200 Å². The van der Waals surface area contributed by atoms with Gasteiger partial charge >= 0.3 is 12.1 Å². The number of thioether (sulfide) groups is 1. The number of aryl methyl sites for hydroxylation is 2.